The Balaban J connectivity index is 1.47. The quantitative estimate of drug-likeness (QED) is 0.0641. The lowest BCUT2D eigenvalue weighted by molar-refractivity contribution is -0.121. The van der Waals surface area contributed by atoms with Crippen LogP contribution < -0.4 is 25.2 Å². The molecule has 62 heavy (non-hydrogen) atoms. The van der Waals surface area contributed by atoms with Gasteiger partial charge >= 0.3 is 0 Å². The molecule has 0 spiro atoms. The van der Waals surface area contributed by atoms with E-state index in [0.717, 1.165) is 60.9 Å². The number of hydrogen-bond donors (Lipinski definition) is 2. The number of rotatable bonds is 19. The maximum atomic E-state index is 15.5. The summed E-state index contributed by atoms with van der Waals surface area (Å²) in [4.78, 5) is 59.0. The van der Waals surface area contributed by atoms with Gasteiger partial charge in [0, 0.05) is 55.0 Å². The van der Waals surface area contributed by atoms with E-state index in [4.69, 9.17) is 4.74 Å². The number of methoxy groups -OCH3 is 1. The molecular weight excluding hydrogens is 808 g/mol. The highest BCUT2D eigenvalue weighted by Gasteiger charge is 2.31. The van der Waals surface area contributed by atoms with Gasteiger partial charge in [0.05, 0.1) is 12.7 Å². The minimum Gasteiger partial charge on any atom is -0.497 e. The highest BCUT2D eigenvalue weighted by molar-refractivity contribution is 6.06. The number of halogens is 5. The van der Waals surface area contributed by atoms with Gasteiger partial charge in [-0.1, -0.05) is 37.6 Å². The van der Waals surface area contributed by atoms with Crippen molar-refractivity contribution in [1.29, 1.82) is 0 Å². The second-order valence-electron chi connectivity index (χ2n) is 14.3. The van der Waals surface area contributed by atoms with Crippen molar-refractivity contribution in [1.82, 2.24) is 10.6 Å². The Morgan fingerprint density at radius 2 is 1.06 bits per heavy atom. The van der Waals surface area contributed by atoms with Crippen LogP contribution in [0.2, 0.25) is 0 Å². The predicted octanol–water partition coefficient (Wildman–Crippen LogP) is 8.46. The summed E-state index contributed by atoms with van der Waals surface area (Å²) in [6.07, 6.45) is 3.80. The molecule has 0 saturated heterocycles. The number of anilines is 2. The third kappa shape index (κ3) is 12.0. The average Bonchev–Trinajstić information content (AvgIpc) is 3.23. The molecule has 0 aliphatic carbocycles. The summed E-state index contributed by atoms with van der Waals surface area (Å²) in [6, 6.07) is 18.7. The van der Waals surface area contributed by atoms with Crippen molar-refractivity contribution in [2.24, 2.45) is 0 Å². The Hall–Kier alpha value is -7.09. The summed E-state index contributed by atoms with van der Waals surface area (Å²) in [5.74, 6) is -7.80. The third-order valence-electron chi connectivity index (χ3n) is 9.73. The van der Waals surface area contributed by atoms with Crippen LogP contribution >= 0.6 is 0 Å². The van der Waals surface area contributed by atoms with E-state index in [2.05, 4.69) is 23.8 Å². The maximum Gasteiger partial charge on any atom is 0.254 e. The lowest BCUT2D eigenvalue weighted by atomic mass is 10.0. The molecule has 322 valence electrons. The Morgan fingerprint density at radius 3 is 1.50 bits per heavy atom. The minimum absolute atomic E-state index is 0.000627. The van der Waals surface area contributed by atoms with Crippen LogP contribution in [0.1, 0.15) is 50.8 Å². The normalized spacial score (nSPS) is 11.8. The van der Waals surface area contributed by atoms with E-state index in [1.54, 1.807) is 36.4 Å². The molecule has 4 amide bonds. The molecule has 9 nitrogen and oxygen atoms in total. The third-order valence-corrected chi connectivity index (χ3v) is 9.73. The van der Waals surface area contributed by atoms with Crippen molar-refractivity contribution >= 4 is 35.0 Å². The molecule has 0 aromatic heterocycles. The van der Waals surface area contributed by atoms with E-state index in [-0.39, 0.29) is 36.2 Å². The van der Waals surface area contributed by atoms with Gasteiger partial charge in [-0.3, -0.25) is 19.2 Å². The van der Waals surface area contributed by atoms with E-state index in [1.165, 1.54) is 29.1 Å². The summed E-state index contributed by atoms with van der Waals surface area (Å²) < 4.78 is 78.0. The maximum absolute atomic E-state index is 15.5. The largest absolute Gasteiger partial charge is 0.497 e. The van der Waals surface area contributed by atoms with E-state index >= 15 is 4.39 Å². The van der Waals surface area contributed by atoms with Gasteiger partial charge in [-0.25, -0.2) is 22.0 Å². The predicted molar refractivity (Wildman–Crippen MR) is 228 cm³/mol. The fourth-order valence-corrected chi connectivity index (χ4v) is 6.82. The molecule has 14 heteroatoms. The Bertz CT molecular complexity index is 2390. The number of carbonyl (C=O) groups is 4. The highest BCUT2D eigenvalue weighted by atomic mass is 19.1. The molecule has 0 fully saturated rings. The number of benzene rings is 5. The van der Waals surface area contributed by atoms with Crippen molar-refractivity contribution in [3.05, 3.63) is 185 Å². The van der Waals surface area contributed by atoms with E-state index in [1.807, 2.05) is 19.1 Å². The van der Waals surface area contributed by atoms with E-state index in [0.29, 0.717) is 29.3 Å². The topological polar surface area (TPSA) is 108 Å². The molecule has 5 aromatic carbocycles. The Morgan fingerprint density at radius 1 is 0.613 bits per heavy atom. The fourth-order valence-electron chi connectivity index (χ4n) is 6.82. The molecule has 5 rings (SSSR count). The number of ether oxygens (including phenoxy) is 1. The summed E-state index contributed by atoms with van der Waals surface area (Å²) >= 11 is 0. The molecule has 0 aliphatic heterocycles. The summed E-state index contributed by atoms with van der Waals surface area (Å²) in [5, 5.41) is 5.06. The van der Waals surface area contributed by atoms with Crippen molar-refractivity contribution < 1.29 is 45.9 Å². The van der Waals surface area contributed by atoms with Crippen LogP contribution in [0.3, 0.4) is 0 Å². The first kappa shape index (κ1) is 46.0. The standard InChI is InChI=1S/C48H45F5N4O5/c1-5-8-30-9-12-38(13-10-30)56(19-6-2)47(60)43(25-31-21-34(49)28-35(50)22-31)54-45(58)33-11-18-42(53)41(27-33)46(59)55-44(26-32-23-36(51)29-37(52)24-32)48(61)57(20-7-3)39-14-16-40(62-4)17-15-39/h6-7,9-18,21-24,27-29,43-44H,2-3,5,8,19-20,25-26H2,1,4H3,(H,54,58)(H,55,59)/t43-,44-/m0/s1. The second-order valence-corrected chi connectivity index (χ2v) is 14.3. The first-order chi connectivity index (χ1) is 29.7. The molecule has 2 N–H and O–H groups in total. The molecule has 0 bridgehead atoms. The van der Waals surface area contributed by atoms with Crippen molar-refractivity contribution in [2.75, 3.05) is 30.0 Å². The molecular formula is C48H45F5N4O5. The monoisotopic (exact) mass is 852 g/mol. The number of aryl methyl sites for hydroxylation is 1. The molecule has 0 aliphatic rings. The zero-order valence-electron chi connectivity index (χ0n) is 34.1. The Kier molecular flexibility index (Phi) is 15.9. The second kappa shape index (κ2) is 21.4. The highest BCUT2D eigenvalue weighted by Crippen LogP contribution is 2.23. The molecule has 0 heterocycles. The van der Waals surface area contributed by atoms with E-state index < -0.39 is 76.8 Å². The van der Waals surface area contributed by atoms with Crippen LogP contribution in [0.25, 0.3) is 0 Å². The lowest BCUT2D eigenvalue weighted by Crippen LogP contribution is -2.50. The van der Waals surface area contributed by atoms with Crippen LogP contribution in [0, 0.1) is 29.1 Å². The molecule has 0 saturated carbocycles. The molecule has 2 atom stereocenters. The van der Waals surface area contributed by atoms with Crippen LogP contribution in [-0.4, -0.2) is 55.9 Å². The number of hydrogen-bond acceptors (Lipinski definition) is 5. The van der Waals surface area contributed by atoms with Crippen LogP contribution in [0.5, 0.6) is 5.75 Å². The van der Waals surface area contributed by atoms with Crippen LogP contribution in [0.15, 0.2) is 128 Å². The van der Waals surface area contributed by atoms with Crippen molar-refractivity contribution in [3.63, 3.8) is 0 Å². The summed E-state index contributed by atoms with van der Waals surface area (Å²) in [7, 11) is 1.46. The Labute approximate surface area is 356 Å². The van der Waals surface area contributed by atoms with Gasteiger partial charge in [-0.15, -0.1) is 13.2 Å². The van der Waals surface area contributed by atoms with E-state index in [9.17, 15) is 36.7 Å². The van der Waals surface area contributed by atoms with Gasteiger partial charge in [0.2, 0.25) is 11.8 Å². The van der Waals surface area contributed by atoms with Gasteiger partial charge in [0.25, 0.3) is 11.8 Å². The van der Waals surface area contributed by atoms with Crippen LogP contribution in [-0.2, 0) is 28.9 Å². The lowest BCUT2D eigenvalue weighted by Gasteiger charge is -2.28. The first-order valence-electron chi connectivity index (χ1n) is 19.6. The SMILES string of the molecule is C=CCN(C(=O)[C@H](Cc1cc(F)cc(F)c1)NC(=O)c1ccc(F)c(C(=O)N[C@@H](Cc2cc(F)cc(F)c2)C(=O)N(CC=C)c2ccc(OC)cc2)c1)c1ccc(CCC)cc1. The zero-order valence-corrected chi connectivity index (χ0v) is 34.1. The zero-order chi connectivity index (χ0) is 44.9. The van der Waals surface area contributed by atoms with Gasteiger partial charge in [0.15, 0.2) is 0 Å². The molecule has 5 aromatic rings. The number of nitrogens with zero attached hydrogens (tertiary/aromatic N) is 2. The van der Waals surface area contributed by atoms with Crippen molar-refractivity contribution in [2.45, 2.75) is 44.7 Å². The average molecular weight is 853 g/mol. The van der Waals surface area contributed by atoms with Crippen LogP contribution in [0.4, 0.5) is 33.3 Å². The van der Waals surface area contributed by atoms with Gasteiger partial charge in [-0.05, 0) is 102 Å². The molecule has 0 radical (unpaired) electrons. The minimum atomic E-state index is -1.54. The summed E-state index contributed by atoms with van der Waals surface area (Å²) in [6.45, 7) is 9.42. The van der Waals surface area contributed by atoms with Crippen molar-refractivity contribution in [3.8, 4) is 5.75 Å². The summed E-state index contributed by atoms with van der Waals surface area (Å²) in [5.41, 5.74) is 0.921. The van der Waals surface area contributed by atoms with Gasteiger partial charge in [0.1, 0.15) is 46.9 Å². The molecule has 0 unspecified atom stereocenters. The smallest absolute Gasteiger partial charge is 0.254 e. The van der Waals surface area contributed by atoms with Gasteiger partial charge in [-0.2, -0.15) is 0 Å². The number of carbonyl (C=O) groups excluding carboxylic acids is 4. The first-order valence-corrected chi connectivity index (χ1v) is 19.6. The number of nitrogens with one attached hydrogen (secondary N) is 2. The van der Waals surface area contributed by atoms with Gasteiger partial charge < -0.3 is 25.2 Å². The number of amides is 4. The fraction of sp³-hybridized carbons (Fsp3) is 0.208.